The summed E-state index contributed by atoms with van der Waals surface area (Å²) in [5.41, 5.74) is 5.47. The van der Waals surface area contributed by atoms with Crippen molar-refractivity contribution in [2.45, 2.75) is 45.4 Å². The molecule has 150 valence electrons. The molecule has 3 aromatic carbocycles. The minimum absolute atomic E-state index is 0.0786. The molecule has 0 unspecified atom stereocenters. The van der Waals surface area contributed by atoms with Crippen molar-refractivity contribution < 1.29 is 15.0 Å². The van der Waals surface area contributed by atoms with E-state index in [-0.39, 0.29) is 17.2 Å². The lowest BCUT2D eigenvalue weighted by molar-refractivity contribution is 0.0693. The van der Waals surface area contributed by atoms with Crippen LogP contribution in [0.15, 0.2) is 66.7 Å². The molecular formula is C26H28O3. The summed E-state index contributed by atoms with van der Waals surface area (Å²) in [5.74, 6) is -0.574. The van der Waals surface area contributed by atoms with Crippen LogP contribution in [0.4, 0.5) is 0 Å². The van der Waals surface area contributed by atoms with Crippen LogP contribution >= 0.6 is 0 Å². The maximum Gasteiger partial charge on any atom is 0.339 e. The number of aromatic carboxylic acids is 1. The Morgan fingerprint density at radius 1 is 0.655 bits per heavy atom. The van der Waals surface area contributed by atoms with Gasteiger partial charge in [0.1, 0.15) is 11.3 Å². The number of hydrogen-bond acceptors (Lipinski definition) is 2. The molecule has 3 nitrogen and oxygen atoms in total. The summed E-state index contributed by atoms with van der Waals surface area (Å²) in [7, 11) is 0. The zero-order valence-corrected chi connectivity index (χ0v) is 17.4. The van der Waals surface area contributed by atoms with E-state index >= 15 is 0 Å². The van der Waals surface area contributed by atoms with Crippen LogP contribution in [0.2, 0.25) is 0 Å². The molecule has 3 aromatic rings. The minimum atomic E-state index is -1.13. The zero-order valence-electron chi connectivity index (χ0n) is 17.4. The first-order valence-corrected chi connectivity index (χ1v) is 10.0. The number of aromatic hydroxyl groups is 1. The second-order valence-electron chi connectivity index (χ2n) is 8.16. The van der Waals surface area contributed by atoms with E-state index in [1.54, 1.807) is 12.1 Å². The molecule has 0 atom stereocenters. The number of hydrogen-bond donors (Lipinski definition) is 2. The van der Waals surface area contributed by atoms with Gasteiger partial charge in [-0.15, -0.1) is 0 Å². The smallest absolute Gasteiger partial charge is 0.339 e. The average Bonchev–Trinajstić information content (AvgIpc) is 2.70. The van der Waals surface area contributed by atoms with E-state index < -0.39 is 5.97 Å². The highest BCUT2D eigenvalue weighted by atomic mass is 16.4. The number of carboxylic acids is 1. The molecule has 3 heteroatoms. The maximum absolute atomic E-state index is 11.5. The van der Waals surface area contributed by atoms with Crippen molar-refractivity contribution in [3.8, 4) is 5.75 Å². The van der Waals surface area contributed by atoms with Gasteiger partial charge in [-0.2, -0.15) is 0 Å². The number of benzene rings is 3. The standard InChI is InChI=1S/C26H28O3/c1-16(2)18-5-9-20(10-6-18)25(21-11-7-19(8-12-21)17(3)4)22-13-14-24(27)23(15-22)26(28)29/h5-17,25,27H,1-4H3,(H,28,29). The molecule has 0 spiro atoms. The van der Waals surface area contributed by atoms with Gasteiger partial charge < -0.3 is 10.2 Å². The SMILES string of the molecule is CC(C)c1ccc(C(c2ccc(C(C)C)cc2)c2ccc(O)c(C(=O)O)c2)cc1. The predicted octanol–water partition coefficient (Wildman–Crippen LogP) is 6.52. The van der Waals surface area contributed by atoms with Gasteiger partial charge >= 0.3 is 5.97 Å². The number of phenols is 1. The van der Waals surface area contributed by atoms with Gasteiger partial charge in [-0.3, -0.25) is 0 Å². The molecule has 0 radical (unpaired) electrons. The first-order chi connectivity index (χ1) is 13.8. The van der Waals surface area contributed by atoms with Gasteiger partial charge in [0.05, 0.1) is 0 Å². The molecule has 0 saturated heterocycles. The predicted molar refractivity (Wildman–Crippen MR) is 117 cm³/mol. The molecule has 0 bridgehead atoms. The van der Waals surface area contributed by atoms with Gasteiger partial charge in [-0.25, -0.2) is 4.79 Å². The molecule has 0 aliphatic carbocycles. The first-order valence-electron chi connectivity index (χ1n) is 10.0. The van der Waals surface area contributed by atoms with Crippen molar-refractivity contribution in [2.75, 3.05) is 0 Å². The van der Waals surface area contributed by atoms with E-state index in [9.17, 15) is 15.0 Å². The fourth-order valence-electron chi connectivity index (χ4n) is 3.63. The molecule has 29 heavy (non-hydrogen) atoms. The van der Waals surface area contributed by atoms with Gasteiger partial charge in [-0.05, 0) is 51.8 Å². The lowest BCUT2D eigenvalue weighted by Crippen LogP contribution is -2.06. The Hall–Kier alpha value is -3.07. The second kappa shape index (κ2) is 8.52. The summed E-state index contributed by atoms with van der Waals surface area (Å²) in [4.78, 5) is 11.5. The highest BCUT2D eigenvalue weighted by Gasteiger charge is 2.20. The van der Waals surface area contributed by atoms with Crippen LogP contribution < -0.4 is 0 Å². The van der Waals surface area contributed by atoms with E-state index in [1.165, 1.54) is 17.2 Å². The fraction of sp³-hybridized carbons (Fsp3) is 0.269. The van der Waals surface area contributed by atoms with Crippen molar-refractivity contribution >= 4 is 5.97 Å². The highest BCUT2D eigenvalue weighted by Crippen LogP contribution is 2.35. The number of rotatable bonds is 6. The molecule has 0 aromatic heterocycles. The van der Waals surface area contributed by atoms with E-state index in [0.29, 0.717) is 11.8 Å². The Morgan fingerprint density at radius 2 is 1.03 bits per heavy atom. The molecule has 2 N–H and O–H groups in total. The van der Waals surface area contributed by atoms with E-state index in [4.69, 9.17) is 0 Å². The third-order valence-electron chi connectivity index (χ3n) is 5.46. The highest BCUT2D eigenvalue weighted by molar-refractivity contribution is 5.91. The average molecular weight is 389 g/mol. The molecule has 3 rings (SSSR count). The quantitative estimate of drug-likeness (QED) is 0.473. The summed E-state index contributed by atoms with van der Waals surface area (Å²) in [6.45, 7) is 8.65. The summed E-state index contributed by atoms with van der Waals surface area (Å²) in [6, 6.07) is 21.8. The monoisotopic (exact) mass is 388 g/mol. The van der Waals surface area contributed by atoms with Crippen LogP contribution in [-0.4, -0.2) is 16.2 Å². The zero-order chi connectivity index (χ0) is 21.1. The largest absolute Gasteiger partial charge is 0.507 e. The van der Waals surface area contributed by atoms with Gasteiger partial charge in [0.25, 0.3) is 0 Å². The molecule has 0 amide bonds. The molecule has 0 aliphatic rings. The number of carbonyl (C=O) groups is 1. The van der Waals surface area contributed by atoms with Crippen molar-refractivity contribution in [1.29, 1.82) is 0 Å². The lowest BCUT2D eigenvalue weighted by Gasteiger charge is -2.21. The lowest BCUT2D eigenvalue weighted by atomic mass is 9.83. The number of carboxylic acid groups (broad SMARTS) is 1. The van der Waals surface area contributed by atoms with Crippen molar-refractivity contribution in [1.82, 2.24) is 0 Å². The minimum Gasteiger partial charge on any atom is -0.507 e. The van der Waals surface area contributed by atoms with Crippen LogP contribution in [0.1, 0.15) is 83.6 Å². The Kier molecular flexibility index (Phi) is 6.07. The van der Waals surface area contributed by atoms with Crippen molar-refractivity contribution in [2.24, 2.45) is 0 Å². The molecule has 0 aliphatic heterocycles. The van der Waals surface area contributed by atoms with Crippen LogP contribution in [0, 0.1) is 0 Å². The van der Waals surface area contributed by atoms with Crippen molar-refractivity contribution in [3.05, 3.63) is 100 Å². The van der Waals surface area contributed by atoms with Crippen molar-refractivity contribution in [3.63, 3.8) is 0 Å². The Labute approximate surface area is 172 Å². The van der Waals surface area contributed by atoms with E-state index in [0.717, 1.165) is 16.7 Å². The third-order valence-corrected chi connectivity index (χ3v) is 5.46. The van der Waals surface area contributed by atoms with Gasteiger partial charge in [0, 0.05) is 5.92 Å². The van der Waals surface area contributed by atoms with Gasteiger partial charge in [0.2, 0.25) is 0 Å². The summed E-state index contributed by atoms with van der Waals surface area (Å²) >= 11 is 0. The maximum atomic E-state index is 11.5. The van der Waals surface area contributed by atoms with E-state index in [1.807, 2.05) is 0 Å². The third kappa shape index (κ3) is 4.51. The van der Waals surface area contributed by atoms with Gasteiger partial charge in [-0.1, -0.05) is 82.3 Å². The van der Waals surface area contributed by atoms with E-state index in [2.05, 4.69) is 76.2 Å². The molecule has 0 fully saturated rings. The molecule has 0 heterocycles. The second-order valence-corrected chi connectivity index (χ2v) is 8.16. The van der Waals surface area contributed by atoms with Crippen LogP contribution in [-0.2, 0) is 0 Å². The fourth-order valence-corrected chi connectivity index (χ4v) is 3.63. The Bertz CT molecular complexity index is 932. The topological polar surface area (TPSA) is 57.5 Å². The summed E-state index contributed by atoms with van der Waals surface area (Å²) in [5, 5.41) is 19.4. The summed E-state index contributed by atoms with van der Waals surface area (Å²) in [6.07, 6.45) is 0. The Morgan fingerprint density at radius 3 is 1.41 bits per heavy atom. The first kappa shape index (κ1) is 20.7. The Balaban J connectivity index is 2.13. The molecular weight excluding hydrogens is 360 g/mol. The van der Waals surface area contributed by atoms with Crippen LogP contribution in [0.3, 0.4) is 0 Å². The van der Waals surface area contributed by atoms with Gasteiger partial charge in [0.15, 0.2) is 0 Å². The van der Waals surface area contributed by atoms with Crippen LogP contribution in [0.25, 0.3) is 0 Å². The van der Waals surface area contributed by atoms with Crippen LogP contribution in [0.5, 0.6) is 5.75 Å². The molecule has 0 saturated carbocycles. The normalized spacial score (nSPS) is 11.4. The summed E-state index contributed by atoms with van der Waals surface area (Å²) < 4.78 is 0.